The predicted octanol–water partition coefficient (Wildman–Crippen LogP) is 8.33. The molecule has 5 N–H and O–H groups in total. The van der Waals surface area contributed by atoms with Gasteiger partial charge in [0.1, 0.15) is 86.9 Å². The molecule has 0 aliphatic carbocycles. The zero-order valence-corrected chi connectivity index (χ0v) is 99.2. The van der Waals surface area contributed by atoms with Crippen LogP contribution in [-0.4, -0.2) is 264 Å². The summed E-state index contributed by atoms with van der Waals surface area (Å²) < 4.78 is 219. The van der Waals surface area contributed by atoms with Gasteiger partial charge in [-0.25, -0.2) is 76.6 Å². The Balaban J connectivity index is -0.000000137. The molecule has 0 aliphatic rings. The number of carbonyl (C=O) groups is 6. The fourth-order valence-electron chi connectivity index (χ4n) is 7.68. The van der Waals surface area contributed by atoms with Crippen molar-refractivity contribution in [3.63, 3.8) is 0 Å². The molecule has 3 radical (unpaired) electrons. The summed E-state index contributed by atoms with van der Waals surface area (Å²) in [4.78, 5) is 68.9. The van der Waals surface area contributed by atoms with E-state index in [9.17, 15) is 71.9 Å². The molecule has 6 aromatic rings. The van der Waals surface area contributed by atoms with E-state index in [-0.39, 0.29) is 264 Å². The van der Waals surface area contributed by atoms with E-state index in [1.807, 2.05) is 41.0 Å². The van der Waals surface area contributed by atoms with Gasteiger partial charge >= 0.3 is 112 Å². The molecule has 0 aliphatic heterocycles. The molecular weight excluding hydrogens is 2220 g/mol. The second kappa shape index (κ2) is 90.0. The van der Waals surface area contributed by atoms with Crippen molar-refractivity contribution in [3.8, 4) is 40.2 Å². The van der Waals surface area contributed by atoms with Gasteiger partial charge in [0, 0.05) is 73.0 Å². The first kappa shape index (κ1) is 158. The third-order valence-electron chi connectivity index (χ3n) is 13.9. The van der Waals surface area contributed by atoms with Crippen molar-refractivity contribution in [2.24, 2.45) is 5.14 Å². The molecule has 0 unspecified atom stereocenters. The number of benzene rings is 6. The maximum atomic E-state index is 13.7. The molecule has 0 bridgehead atoms. The van der Waals surface area contributed by atoms with Gasteiger partial charge in [-0.15, -0.1) is 0 Å². The molecular formula is C89H133BBr3Cl2F6Mg2N4NaO29S4+. The first-order valence-electron chi connectivity index (χ1n) is 40.1. The molecule has 791 valence electrons. The Morgan fingerprint density at radius 2 is 0.752 bits per heavy atom. The molecule has 6 aromatic carbocycles. The molecule has 0 aromatic heterocycles. The van der Waals surface area contributed by atoms with Crippen molar-refractivity contribution in [1.82, 2.24) is 9.44 Å². The van der Waals surface area contributed by atoms with Gasteiger partial charge in [-0.3, -0.25) is 5.14 Å². The number of nitrogens with one attached hydrogen (secondary N) is 2. The van der Waals surface area contributed by atoms with Gasteiger partial charge in [0.25, 0.3) is 5.69 Å². The van der Waals surface area contributed by atoms with Crippen LogP contribution in [0.4, 0.5) is 41.6 Å². The number of alkyl halides is 1. The Bertz CT molecular complexity index is 4490. The average Bonchev–Trinajstić information content (AvgIpc) is 0.821. The Labute approximate surface area is 932 Å². The maximum Gasteiger partial charge on any atom is 2.00 e. The SMILES string of the molecule is CC(C)(C)[S@](N)=O.CCOC(=O)/[N+](=C\[S@](=O)C(C)(C)C)c1cc(F)ccc1OCOC.CCOC(=O)C(=O)OCC.CCOC(=O)Oc1cc(F)ccc1OCOC.CCOC(=O)[C@@H](N[S@](=O)C(C)(C)C)c1cc(F)ccc1OCOC.CCOC(=O)[C@H](N[S@](=O)C(C)(C)C)c1cc(F)ccc1OCOC.COCCl.COCOc1ccc(F)cc1Br.C[CH-]C.Oc1ccc(F)cc1Br.[B].[Br-].[CH3-].[Cl-].[H-].[Mg+2].[Mg+2].[Na+]. The number of ether oxygens (including phenoxy) is 18. The van der Waals surface area contributed by atoms with Crippen LogP contribution in [0, 0.1) is 48.8 Å². The Morgan fingerprint density at radius 1 is 0.461 bits per heavy atom. The minimum absolute atomic E-state index is 0. The quantitative estimate of drug-likeness (QED) is 0.00244. The van der Waals surface area contributed by atoms with Crippen LogP contribution in [0.5, 0.6) is 40.2 Å². The van der Waals surface area contributed by atoms with Crippen LogP contribution in [0.25, 0.3) is 0 Å². The van der Waals surface area contributed by atoms with Crippen LogP contribution >= 0.6 is 43.5 Å². The number of phenols is 1. The Kier molecular flexibility index (Phi) is 101. The number of hydrogen-bond donors (Lipinski definition) is 4. The normalized spacial score (nSPS) is 11.5. The number of nitrogens with two attached hydrogens (primary N) is 1. The number of aromatic hydroxyl groups is 1. The number of esters is 4. The van der Waals surface area contributed by atoms with Gasteiger partial charge in [0.05, 0.1) is 102 Å². The Hall–Kier alpha value is -5.15. The zero-order valence-electron chi connectivity index (χ0n) is 85.9. The number of rotatable bonds is 33. The van der Waals surface area contributed by atoms with Crippen molar-refractivity contribution in [1.29, 1.82) is 0 Å². The van der Waals surface area contributed by atoms with E-state index in [1.165, 1.54) is 120 Å². The van der Waals surface area contributed by atoms with Crippen molar-refractivity contribution >= 4 is 189 Å². The molecule has 0 fully saturated rings. The van der Waals surface area contributed by atoms with Gasteiger partial charge in [0.15, 0.2) is 51.2 Å². The summed E-state index contributed by atoms with van der Waals surface area (Å²) in [6.07, 6.45) is 0.309. The number of nitrogens with zero attached hydrogens (tertiary/aromatic N) is 1. The average molecular weight is 2360 g/mol. The number of carbonyl (C=O) groups excluding carboxylic acids is 6. The largest absolute Gasteiger partial charge is 2.00 e. The summed E-state index contributed by atoms with van der Waals surface area (Å²) in [5.74, 6) is -4.60. The molecule has 1 amide bonds. The van der Waals surface area contributed by atoms with Crippen molar-refractivity contribution in [2.45, 2.75) is 170 Å². The second-order valence-electron chi connectivity index (χ2n) is 29.1. The topological polar surface area (TPSA) is 410 Å². The number of hydrogen-bond acceptors (Lipinski definition) is 29. The number of halogens is 11. The molecule has 6 rings (SSSR count). The van der Waals surface area contributed by atoms with E-state index in [0.717, 1.165) is 28.8 Å². The minimum Gasteiger partial charge on any atom is -1.00 e. The molecule has 0 spiro atoms. The number of amides is 1. The fourth-order valence-corrected chi connectivity index (χ4v) is 10.8. The Morgan fingerprint density at radius 3 is 1.06 bits per heavy atom. The van der Waals surface area contributed by atoms with E-state index < -0.39 is 129 Å². The van der Waals surface area contributed by atoms with Crippen molar-refractivity contribution in [2.75, 3.05) is 122 Å². The third kappa shape index (κ3) is 73.6. The van der Waals surface area contributed by atoms with E-state index in [4.69, 9.17) is 88.2 Å². The number of methoxy groups -OCH3 is 6. The minimum atomic E-state index is -1.57. The van der Waals surface area contributed by atoms with Gasteiger partial charge in [-0.1, -0.05) is 16.2 Å². The van der Waals surface area contributed by atoms with Gasteiger partial charge < -0.3 is 135 Å². The summed E-state index contributed by atoms with van der Waals surface area (Å²) in [5.41, 5.74) is 1.68. The van der Waals surface area contributed by atoms with Gasteiger partial charge in [-0.05, 0) is 254 Å². The van der Waals surface area contributed by atoms with E-state index >= 15 is 0 Å². The van der Waals surface area contributed by atoms with Crippen LogP contribution in [0.1, 0.15) is 163 Å². The van der Waals surface area contributed by atoms with Crippen LogP contribution < -0.4 is 102 Å². The molecule has 0 heterocycles. The molecule has 33 nitrogen and oxygen atoms in total. The predicted molar refractivity (Wildman–Crippen MR) is 531 cm³/mol. The second-order valence-corrected chi connectivity index (χ2v) is 38.8. The monoisotopic (exact) mass is 2350 g/mol. The van der Waals surface area contributed by atoms with Crippen LogP contribution in [0.15, 0.2) is 118 Å². The van der Waals surface area contributed by atoms with Crippen LogP contribution in [0.3, 0.4) is 0 Å². The zero-order chi connectivity index (χ0) is 104. The summed E-state index contributed by atoms with van der Waals surface area (Å²) >= 11 is 11.1. The first-order chi connectivity index (χ1) is 62.7. The summed E-state index contributed by atoms with van der Waals surface area (Å²) in [5, 5.41) is 13.9. The third-order valence-corrected chi connectivity index (χ3v) is 21.3. The molecule has 52 heteroatoms. The summed E-state index contributed by atoms with van der Waals surface area (Å²) in [6.45, 7) is 36.0. The fraction of sp³-hybridized carbons (Fsp3) is 0.494. The van der Waals surface area contributed by atoms with Crippen molar-refractivity contribution in [3.05, 3.63) is 178 Å². The maximum absolute atomic E-state index is 13.7. The molecule has 141 heavy (non-hydrogen) atoms. The van der Waals surface area contributed by atoms with Gasteiger partial charge in [-0.2, -0.15) is 18.6 Å². The molecule has 6 atom stereocenters. The standard InChI is InChI=1S/C16H23FNO5S.2C16H24FNO5S.C11H13FO5.C8H8BrFO2.C6H4BrFO.C6H10O4.C4H11NOS.C3H7.C2H5ClO.CH3.B.BrH.ClH.2Mg.Na.H/c1-6-22-15(19)18(10-24(20)16(2,3)4)13-9-12(17)7-8-14(13)23-11-21-5;2*1-6-22-15(19)14(18-24(20)16(2,3)4)12-9-11(17)7-8-13(12)23-10-21-5;1-3-15-11(13)17-10-6-8(12)4-5-9(10)16-7-14-2;1-11-5-12-8-3-2-6(10)4-7(8)9;7-5-3-4(8)1-2-6(5)9;1-3-9-5(7)6(8)10-4-2;1-4(2,3)7(5)6;1-3-2;1-4-2-3;;;;;;;;/h7-10H,6,11H2,1-5H3;2*7-9,14,18H,6,10H2,1-5H3;4-6H,3,7H2,1-2H3;2-4H,5H2,1H3;1-3,9H;3-4H2,1-2H3;5H2,1-3H3;3H,1-2H3;2H2,1H3;1H3;;2*1H;;;;/q+1;;;;;;;;-1;;-1;;;;2*+2;+1;-1/p-2/b18-10-;;;;;;;;;;;;;;;;;/t24-;14-,24+;14-,24-;;;;;7-;;;;;;;;;;/m001....1........../s1. The smallest absolute Gasteiger partial charge is 1.00 e. The first-order valence-corrected chi connectivity index (χ1v) is 47.0. The summed E-state index contributed by atoms with van der Waals surface area (Å²) in [7, 11) is 2.99. The van der Waals surface area contributed by atoms with Gasteiger partial charge in [0.2, 0.25) is 5.55 Å². The van der Waals surface area contributed by atoms with E-state index in [2.05, 4.69) is 60.3 Å². The van der Waals surface area contributed by atoms with E-state index in [0.29, 0.717) is 20.8 Å². The van der Waals surface area contributed by atoms with Crippen molar-refractivity contribution < 1.29 is 227 Å². The number of phenolic OH excluding ortho intramolecular Hbond substituents is 1. The van der Waals surface area contributed by atoms with Crippen LogP contribution in [-0.2, 0) is 120 Å². The van der Waals surface area contributed by atoms with E-state index in [1.54, 1.807) is 117 Å². The molecule has 0 saturated carbocycles. The molecule has 0 saturated heterocycles. The summed E-state index contributed by atoms with van der Waals surface area (Å²) in [6, 6.07) is 20.6. The van der Waals surface area contributed by atoms with Crippen LogP contribution in [0.2, 0.25) is 0 Å².